The molecule has 0 bridgehead atoms. The molecule has 4 atom stereocenters. The highest BCUT2D eigenvalue weighted by molar-refractivity contribution is 7.99. The van der Waals surface area contributed by atoms with Gasteiger partial charge in [0.15, 0.2) is 11.4 Å². The molecule has 1 aliphatic rings. The number of aromatic nitrogens is 2. The van der Waals surface area contributed by atoms with Gasteiger partial charge in [-0.25, -0.2) is 13.4 Å². The van der Waals surface area contributed by atoms with E-state index in [4.69, 9.17) is 9.47 Å². The van der Waals surface area contributed by atoms with Crippen molar-refractivity contribution < 1.29 is 27.8 Å². The number of amides is 1. The van der Waals surface area contributed by atoms with Crippen LogP contribution in [0.5, 0.6) is 0 Å². The first-order chi connectivity index (χ1) is 27.6. The molecule has 57 heavy (non-hydrogen) atoms. The van der Waals surface area contributed by atoms with Crippen molar-refractivity contribution in [3.8, 4) is 11.1 Å². The lowest BCUT2D eigenvalue weighted by Gasteiger charge is -2.36. The zero-order valence-electron chi connectivity index (χ0n) is 31.8. The van der Waals surface area contributed by atoms with E-state index in [0.717, 1.165) is 49.7 Å². The fourth-order valence-corrected chi connectivity index (χ4v) is 8.92. The van der Waals surface area contributed by atoms with Crippen LogP contribution < -0.4 is 10.0 Å². The number of nitrogens with zero attached hydrogens (tertiary/aromatic N) is 2. The summed E-state index contributed by atoms with van der Waals surface area (Å²) >= 11 is 1.65. The predicted octanol–water partition coefficient (Wildman–Crippen LogP) is 7.43. The Morgan fingerprint density at radius 1 is 0.877 bits per heavy atom. The standard InChI is InChI=1S/C45H46N4O6S2/c1-31-12-22-39(23-13-31)57(52,53)48-41(26-32-8-4-3-5-9-32)43(51)47-28-37-10-6-7-11-40(37)34-18-20-36(21-19-34)44-54-38(30-56-45-46-24-25-49(45)2)27-42(55-44)35-16-14-33(29-50)15-17-35/h3-25,38,41-42,44,48,50H,26-30H2,1-2H3,(H,47,51)/t38-,41-,42+,44+/m1/s1. The average molecular weight is 803 g/mol. The first kappa shape index (κ1) is 40.1. The maximum Gasteiger partial charge on any atom is 0.241 e. The van der Waals surface area contributed by atoms with Gasteiger partial charge in [0.1, 0.15) is 6.04 Å². The van der Waals surface area contributed by atoms with Crippen molar-refractivity contribution in [2.45, 2.75) is 67.5 Å². The zero-order valence-corrected chi connectivity index (χ0v) is 33.5. The number of aliphatic hydroxyl groups excluding tert-OH is 1. The monoisotopic (exact) mass is 802 g/mol. The number of ether oxygens (including phenoxy) is 2. The molecule has 1 amide bonds. The number of sulfonamides is 1. The quantitative estimate of drug-likeness (QED) is 0.0915. The molecule has 0 unspecified atom stereocenters. The second-order valence-corrected chi connectivity index (χ2v) is 16.9. The fourth-order valence-electron chi connectivity index (χ4n) is 6.77. The Balaban J connectivity index is 1.07. The van der Waals surface area contributed by atoms with Gasteiger partial charge in [0.05, 0.1) is 23.7 Å². The molecule has 10 nitrogen and oxygen atoms in total. The first-order valence-electron chi connectivity index (χ1n) is 18.8. The molecule has 2 heterocycles. The summed E-state index contributed by atoms with van der Waals surface area (Å²) in [6.45, 7) is 2.06. The molecule has 3 N–H and O–H groups in total. The molecule has 5 aromatic carbocycles. The van der Waals surface area contributed by atoms with Gasteiger partial charge in [0, 0.05) is 43.7 Å². The Morgan fingerprint density at radius 3 is 2.28 bits per heavy atom. The van der Waals surface area contributed by atoms with E-state index >= 15 is 0 Å². The topological polar surface area (TPSA) is 132 Å². The number of aryl methyl sites for hydroxylation is 2. The van der Waals surface area contributed by atoms with Gasteiger partial charge < -0.3 is 24.5 Å². The Kier molecular flexibility index (Phi) is 13.0. The number of thioether (sulfide) groups is 1. The predicted molar refractivity (Wildman–Crippen MR) is 222 cm³/mol. The Morgan fingerprint density at radius 2 is 1.58 bits per heavy atom. The summed E-state index contributed by atoms with van der Waals surface area (Å²) in [7, 11) is -2.00. The highest BCUT2D eigenvalue weighted by Crippen LogP contribution is 2.40. The minimum absolute atomic E-state index is 0.0207. The molecule has 0 radical (unpaired) electrons. The lowest BCUT2D eigenvalue weighted by atomic mass is 9.97. The maximum absolute atomic E-state index is 13.8. The van der Waals surface area contributed by atoms with Crippen LogP contribution in [-0.2, 0) is 50.9 Å². The Bertz CT molecular complexity index is 2350. The summed E-state index contributed by atoms with van der Waals surface area (Å²) < 4.78 is 44.6. The van der Waals surface area contributed by atoms with Gasteiger partial charge in [-0.3, -0.25) is 4.79 Å². The summed E-state index contributed by atoms with van der Waals surface area (Å²) in [5, 5.41) is 13.5. The van der Waals surface area contributed by atoms with Crippen LogP contribution in [0.1, 0.15) is 52.2 Å². The summed E-state index contributed by atoms with van der Waals surface area (Å²) in [5.74, 6) is 0.273. The van der Waals surface area contributed by atoms with Gasteiger partial charge in [0.2, 0.25) is 15.9 Å². The van der Waals surface area contributed by atoms with Crippen LogP contribution in [0.25, 0.3) is 11.1 Å². The highest BCUT2D eigenvalue weighted by Gasteiger charge is 2.33. The normalized spacial score (nSPS) is 17.6. The number of aliphatic hydroxyl groups is 1. The largest absolute Gasteiger partial charge is 0.392 e. The smallest absolute Gasteiger partial charge is 0.241 e. The molecular weight excluding hydrogens is 757 g/mol. The fraction of sp³-hybridized carbons (Fsp3) is 0.244. The van der Waals surface area contributed by atoms with Gasteiger partial charge in [-0.15, -0.1) is 0 Å². The summed E-state index contributed by atoms with van der Waals surface area (Å²) in [4.78, 5) is 18.3. The Hall–Kier alpha value is -5.08. The molecule has 1 aromatic heterocycles. The lowest BCUT2D eigenvalue weighted by Crippen LogP contribution is -2.47. The summed E-state index contributed by atoms with van der Waals surface area (Å²) in [6.07, 6.45) is 3.64. The van der Waals surface area contributed by atoms with Crippen LogP contribution in [0.3, 0.4) is 0 Å². The Labute approximate surface area is 338 Å². The summed E-state index contributed by atoms with van der Waals surface area (Å²) in [6, 6.07) is 38.6. The number of rotatable bonds is 15. The van der Waals surface area contributed by atoms with E-state index in [-0.39, 0.29) is 36.7 Å². The van der Waals surface area contributed by atoms with Gasteiger partial charge in [-0.1, -0.05) is 133 Å². The van der Waals surface area contributed by atoms with Crippen molar-refractivity contribution >= 4 is 27.7 Å². The van der Waals surface area contributed by atoms with Crippen LogP contribution in [0.4, 0.5) is 0 Å². The van der Waals surface area contributed by atoms with Crippen LogP contribution in [0, 0.1) is 6.92 Å². The molecule has 1 saturated heterocycles. The zero-order chi connectivity index (χ0) is 39.8. The molecular formula is C45H46N4O6S2. The molecule has 0 saturated carbocycles. The van der Waals surface area contributed by atoms with E-state index in [1.54, 1.807) is 42.2 Å². The number of hydrogen-bond donors (Lipinski definition) is 3. The van der Waals surface area contributed by atoms with E-state index in [9.17, 15) is 18.3 Å². The number of nitrogens with one attached hydrogen (secondary N) is 2. The third-order valence-corrected chi connectivity index (χ3v) is 12.7. The van der Waals surface area contributed by atoms with Gasteiger partial charge in [0.25, 0.3) is 0 Å². The lowest BCUT2D eigenvalue weighted by molar-refractivity contribution is -0.245. The third-order valence-electron chi connectivity index (χ3n) is 9.98. The van der Waals surface area contributed by atoms with Gasteiger partial charge in [-0.2, -0.15) is 4.72 Å². The van der Waals surface area contributed by atoms with E-state index in [1.165, 1.54) is 0 Å². The summed E-state index contributed by atoms with van der Waals surface area (Å²) in [5.41, 5.74) is 7.26. The number of carbonyl (C=O) groups excluding carboxylic acids is 1. The van der Waals surface area contributed by atoms with Crippen molar-refractivity contribution in [2.75, 3.05) is 5.75 Å². The number of hydrogen-bond acceptors (Lipinski definition) is 8. The molecule has 0 aliphatic carbocycles. The van der Waals surface area contributed by atoms with Crippen LogP contribution in [0.15, 0.2) is 150 Å². The second kappa shape index (κ2) is 18.5. The minimum Gasteiger partial charge on any atom is -0.392 e. The van der Waals surface area contributed by atoms with Crippen LogP contribution in [-0.4, -0.2) is 46.9 Å². The van der Waals surface area contributed by atoms with E-state index in [2.05, 4.69) is 15.0 Å². The van der Waals surface area contributed by atoms with Crippen LogP contribution in [0.2, 0.25) is 0 Å². The number of benzene rings is 5. The molecule has 1 aliphatic heterocycles. The van der Waals surface area contributed by atoms with Crippen molar-refractivity contribution in [3.63, 3.8) is 0 Å². The second-order valence-electron chi connectivity index (χ2n) is 14.2. The van der Waals surface area contributed by atoms with E-state index < -0.39 is 28.3 Å². The van der Waals surface area contributed by atoms with Crippen molar-refractivity contribution in [1.82, 2.24) is 19.6 Å². The first-order valence-corrected chi connectivity index (χ1v) is 21.3. The van der Waals surface area contributed by atoms with E-state index in [1.807, 2.05) is 128 Å². The van der Waals surface area contributed by atoms with Crippen molar-refractivity contribution in [3.05, 3.63) is 173 Å². The molecule has 7 rings (SSSR count). The van der Waals surface area contributed by atoms with Gasteiger partial charge >= 0.3 is 0 Å². The van der Waals surface area contributed by atoms with Crippen molar-refractivity contribution in [1.29, 1.82) is 0 Å². The average Bonchev–Trinajstić information content (AvgIpc) is 3.66. The minimum atomic E-state index is -3.98. The molecule has 0 spiro atoms. The number of imidazole rings is 1. The maximum atomic E-state index is 13.8. The van der Waals surface area contributed by atoms with E-state index in [0.29, 0.717) is 12.2 Å². The van der Waals surface area contributed by atoms with Crippen molar-refractivity contribution in [2.24, 2.45) is 7.05 Å². The molecule has 294 valence electrons. The SMILES string of the molecule is Cc1ccc(S(=O)(=O)N[C@H](Cc2ccccc2)C(=O)NCc2ccccc2-c2ccc([C@H]3O[C@@H](CSc4nccn4C)C[C@@H](c4ccc(CO)cc4)O3)cc2)cc1. The van der Waals surface area contributed by atoms with Crippen LogP contribution >= 0.6 is 11.8 Å². The third kappa shape index (κ3) is 10.3. The highest BCUT2D eigenvalue weighted by atomic mass is 32.2. The number of carbonyl (C=O) groups is 1. The molecule has 12 heteroatoms. The molecule has 1 fully saturated rings. The van der Waals surface area contributed by atoms with Gasteiger partial charge in [-0.05, 0) is 58.9 Å². The molecule has 6 aromatic rings.